The minimum absolute atomic E-state index is 0.213. The van der Waals surface area contributed by atoms with E-state index in [1.165, 1.54) is 24.4 Å². The molecule has 0 radical (unpaired) electrons. The third-order valence-electron chi connectivity index (χ3n) is 3.56. The van der Waals surface area contributed by atoms with Crippen LogP contribution in [0, 0.1) is 0 Å². The second kappa shape index (κ2) is 7.87. The van der Waals surface area contributed by atoms with Gasteiger partial charge in [0.25, 0.3) is 0 Å². The first kappa shape index (κ1) is 19.0. The van der Waals surface area contributed by atoms with Gasteiger partial charge in [-0.1, -0.05) is 6.58 Å². The summed E-state index contributed by atoms with van der Waals surface area (Å²) >= 11 is 0. The van der Waals surface area contributed by atoms with Crippen molar-refractivity contribution >= 4 is 17.2 Å². The number of anilines is 3. The number of nitrogens with two attached hydrogens (primary N) is 1. The maximum Gasteiger partial charge on any atom is 0.421 e. The molecule has 0 amide bonds. The Hall–Kier alpha value is -3.75. The second-order valence-corrected chi connectivity index (χ2v) is 5.65. The summed E-state index contributed by atoms with van der Waals surface area (Å²) < 4.78 is 44.3. The molecule has 4 N–H and O–H groups in total. The van der Waals surface area contributed by atoms with Gasteiger partial charge in [0, 0.05) is 18.1 Å². The standard InChI is InChI=1S/C19H16F3N5O/c1-12(27-16-5-3-10-24-17(16)23)26-13-6-8-14(9-7-13)28-18-15(19(20,21)22)4-2-11-25-18/h2-11,26-27H,1H2,(H2,23,24). The number of benzene rings is 1. The number of rotatable bonds is 6. The average Bonchev–Trinajstić information content (AvgIpc) is 2.65. The Balaban J connectivity index is 1.66. The van der Waals surface area contributed by atoms with Crippen LogP contribution in [0.25, 0.3) is 0 Å². The van der Waals surface area contributed by atoms with Crippen LogP contribution in [0.15, 0.2) is 73.3 Å². The average molecular weight is 387 g/mol. The number of hydrogen-bond acceptors (Lipinski definition) is 6. The topological polar surface area (TPSA) is 85.1 Å². The maximum absolute atomic E-state index is 13.0. The summed E-state index contributed by atoms with van der Waals surface area (Å²) in [4.78, 5) is 7.63. The number of nitrogens with zero attached hydrogens (tertiary/aromatic N) is 2. The van der Waals surface area contributed by atoms with E-state index < -0.39 is 17.6 Å². The third-order valence-corrected chi connectivity index (χ3v) is 3.56. The monoisotopic (exact) mass is 387 g/mol. The zero-order chi connectivity index (χ0) is 20.1. The van der Waals surface area contributed by atoms with Gasteiger partial charge in [-0.15, -0.1) is 0 Å². The smallest absolute Gasteiger partial charge is 0.421 e. The number of alkyl halides is 3. The molecule has 0 saturated heterocycles. The van der Waals surface area contributed by atoms with Gasteiger partial charge in [0.2, 0.25) is 5.88 Å². The number of ether oxygens (including phenoxy) is 1. The highest BCUT2D eigenvalue weighted by molar-refractivity contribution is 5.65. The lowest BCUT2D eigenvalue weighted by Crippen LogP contribution is -2.10. The lowest BCUT2D eigenvalue weighted by Gasteiger charge is -2.14. The number of aromatic nitrogens is 2. The van der Waals surface area contributed by atoms with E-state index in [4.69, 9.17) is 10.5 Å². The van der Waals surface area contributed by atoms with E-state index in [2.05, 4.69) is 27.2 Å². The van der Waals surface area contributed by atoms with Crippen molar-refractivity contribution in [2.75, 3.05) is 16.4 Å². The molecule has 9 heteroatoms. The second-order valence-electron chi connectivity index (χ2n) is 5.65. The zero-order valence-corrected chi connectivity index (χ0v) is 14.5. The molecule has 0 aliphatic heterocycles. The number of hydrogen-bond donors (Lipinski definition) is 3. The third kappa shape index (κ3) is 4.70. The fraction of sp³-hybridized carbons (Fsp3) is 0.0526. The van der Waals surface area contributed by atoms with E-state index in [0.29, 0.717) is 23.0 Å². The molecule has 1 aromatic carbocycles. The van der Waals surface area contributed by atoms with Crippen molar-refractivity contribution in [2.24, 2.45) is 0 Å². The molecule has 3 aromatic rings. The molecule has 2 aromatic heterocycles. The first-order valence-electron chi connectivity index (χ1n) is 8.06. The predicted molar refractivity (Wildman–Crippen MR) is 101 cm³/mol. The van der Waals surface area contributed by atoms with Crippen LogP contribution < -0.4 is 21.1 Å². The van der Waals surface area contributed by atoms with Gasteiger partial charge in [0.05, 0.1) is 5.69 Å². The summed E-state index contributed by atoms with van der Waals surface area (Å²) in [5.41, 5.74) is 6.05. The summed E-state index contributed by atoms with van der Waals surface area (Å²) in [6.07, 6.45) is -1.75. The van der Waals surface area contributed by atoms with Gasteiger partial charge in [-0.05, 0) is 48.5 Å². The molecule has 0 atom stereocenters. The Labute approximate surface area is 158 Å². The highest BCUT2D eigenvalue weighted by Gasteiger charge is 2.35. The van der Waals surface area contributed by atoms with Gasteiger partial charge in [0.1, 0.15) is 23.0 Å². The molecule has 6 nitrogen and oxygen atoms in total. The van der Waals surface area contributed by atoms with E-state index in [9.17, 15) is 13.2 Å². The molecule has 2 heterocycles. The van der Waals surface area contributed by atoms with Gasteiger partial charge < -0.3 is 21.1 Å². The molecule has 28 heavy (non-hydrogen) atoms. The maximum atomic E-state index is 13.0. The summed E-state index contributed by atoms with van der Waals surface area (Å²) in [7, 11) is 0. The largest absolute Gasteiger partial charge is 0.438 e. The van der Waals surface area contributed by atoms with Crippen molar-refractivity contribution in [3.05, 3.63) is 78.9 Å². The van der Waals surface area contributed by atoms with E-state index >= 15 is 0 Å². The fourth-order valence-corrected chi connectivity index (χ4v) is 2.30. The Bertz CT molecular complexity index is 974. The van der Waals surface area contributed by atoms with Gasteiger partial charge in [-0.25, -0.2) is 9.97 Å². The summed E-state index contributed by atoms with van der Waals surface area (Å²) in [5.74, 6) is 0.473. The van der Waals surface area contributed by atoms with Crippen LogP contribution in [0.4, 0.5) is 30.4 Å². The van der Waals surface area contributed by atoms with Crippen molar-refractivity contribution in [3.63, 3.8) is 0 Å². The zero-order valence-electron chi connectivity index (χ0n) is 14.5. The summed E-state index contributed by atoms with van der Waals surface area (Å²) in [6, 6.07) is 11.9. The van der Waals surface area contributed by atoms with E-state index in [1.807, 2.05) is 0 Å². The van der Waals surface area contributed by atoms with Gasteiger partial charge >= 0.3 is 6.18 Å². The van der Waals surface area contributed by atoms with E-state index in [-0.39, 0.29) is 5.75 Å². The number of pyridine rings is 2. The Morgan fingerprint density at radius 3 is 2.32 bits per heavy atom. The van der Waals surface area contributed by atoms with Crippen molar-refractivity contribution < 1.29 is 17.9 Å². The molecule has 0 spiro atoms. The number of nitrogen functional groups attached to an aromatic ring is 1. The number of halogens is 3. The SMILES string of the molecule is C=C(Nc1ccc(Oc2ncccc2C(F)(F)F)cc1)Nc1cccnc1N. The van der Waals surface area contributed by atoms with Crippen molar-refractivity contribution in [1.82, 2.24) is 9.97 Å². The van der Waals surface area contributed by atoms with Crippen LogP contribution in [-0.2, 0) is 6.18 Å². The highest BCUT2D eigenvalue weighted by atomic mass is 19.4. The molecule has 0 unspecified atom stereocenters. The van der Waals surface area contributed by atoms with E-state index in [1.54, 1.807) is 30.5 Å². The Morgan fingerprint density at radius 1 is 0.964 bits per heavy atom. The predicted octanol–water partition coefficient (Wildman–Crippen LogP) is 4.87. The minimum atomic E-state index is -4.55. The summed E-state index contributed by atoms with van der Waals surface area (Å²) in [5, 5.41) is 5.98. The van der Waals surface area contributed by atoms with Crippen molar-refractivity contribution in [1.29, 1.82) is 0 Å². The molecule has 3 rings (SSSR count). The highest BCUT2D eigenvalue weighted by Crippen LogP contribution is 2.36. The van der Waals surface area contributed by atoms with E-state index in [0.717, 1.165) is 6.07 Å². The molecule has 0 saturated carbocycles. The Kier molecular flexibility index (Phi) is 5.35. The molecule has 144 valence electrons. The molecular formula is C19H16F3N5O. The normalized spacial score (nSPS) is 11.0. The van der Waals surface area contributed by atoms with Crippen molar-refractivity contribution in [3.8, 4) is 11.6 Å². The lowest BCUT2D eigenvalue weighted by atomic mass is 10.2. The lowest BCUT2D eigenvalue weighted by molar-refractivity contribution is -0.138. The van der Waals surface area contributed by atoms with Crippen LogP contribution in [0.5, 0.6) is 11.6 Å². The molecule has 0 aliphatic carbocycles. The van der Waals surface area contributed by atoms with Gasteiger partial charge in [-0.3, -0.25) is 0 Å². The quantitative estimate of drug-likeness (QED) is 0.560. The van der Waals surface area contributed by atoms with Crippen LogP contribution in [-0.4, -0.2) is 9.97 Å². The van der Waals surface area contributed by atoms with Crippen LogP contribution in [0.2, 0.25) is 0 Å². The number of nitrogens with one attached hydrogen (secondary N) is 2. The van der Waals surface area contributed by atoms with Crippen LogP contribution >= 0.6 is 0 Å². The Morgan fingerprint density at radius 2 is 1.64 bits per heavy atom. The van der Waals surface area contributed by atoms with Crippen LogP contribution in [0.3, 0.4) is 0 Å². The summed E-state index contributed by atoms with van der Waals surface area (Å²) in [6.45, 7) is 3.84. The van der Waals surface area contributed by atoms with Gasteiger partial charge in [0.15, 0.2) is 0 Å². The molecule has 0 aliphatic rings. The first-order chi connectivity index (χ1) is 13.3. The van der Waals surface area contributed by atoms with Gasteiger partial charge in [-0.2, -0.15) is 13.2 Å². The molecule has 0 fully saturated rings. The molecular weight excluding hydrogens is 371 g/mol. The fourth-order valence-electron chi connectivity index (χ4n) is 2.30. The van der Waals surface area contributed by atoms with Crippen LogP contribution in [0.1, 0.15) is 5.56 Å². The first-order valence-corrected chi connectivity index (χ1v) is 8.06. The van der Waals surface area contributed by atoms with Crippen molar-refractivity contribution in [2.45, 2.75) is 6.18 Å². The molecule has 0 bridgehead atoms. The minimum Gasteiger partial charge on any atom is -0.438 e.